The Labute approximate surface area is 123 Å². The zero-order valence-corrected chi connectivity index (χ0v) is 11.7. The lowest BCUT2D eigenvalue weighted by molar-refractivity contribution is -0.116. The minimum absolute atomic E-state index is 0.175. The summed E-state index contributed by atoms with van der Waals surface area (Å²) in [5.41, 5.74) is 1.31. The molecule has 0 aliphatic heterocycles. The van der Waals surface area contributed by atoms with E-state index in [1.165, 1.54) is 12.1 Å². The second-order valence-electron chi connectivity index (χ2n) is 4.78. The van der Waals surface area contributed by atoms with E-state index in [2.05, 4.69) is 0 Å². The Morgan fingerprint density at radius 1 is 0.952 bits per heavy atom. The molecule has 0 heterocycles. The van der Waals surface area contributed by atoms with E-state index in [0.717, 1.165) is 12.0 Å². The summed E-state index contributed by atoms with van der Waals surface area (Å²) in [5.74, 6) is 0.464. The van der Waals surface area contributed by atoms with E-state index in [4.69, 9.17) is 9.84 Å². The van der Waals surface area contributed by atoms with E-state index in [9.17, 15) is 9.59 Å². The maximum atomic E-state index is 10.9. The van der Waals surface area contributed by atoms with Gasteiger partial charge in [0.1, 0.15) is 17.3 Å². The monoisotopic (exact) mass is 284 g/mol. The number of benzene rings is 2. The summed E-state index contributed by atoms with van der Waals surface area (Å²) in [5, 5.41) is 8.82. The van der Waals surface area contributed by atoms with Crippen molar-refractivity contribution in [3.8, 4) is 11.5 Å². The highest BCUT2D eigenvalue weighted by atomic mass is 16.5. The van der Waals surface area contributed by atoms with Crippen molar-refractivity contribution in [2.24, 2.45) is 0 Å². The van der Waals surface area contributed by atoms with Gasteiger partial charge < -0.3 is 14.6 Å². The molecule has 0 aliphatic carbocycles. The summed E-state index contributed by atoms with van der Waals surface area (Å²) in [6, 6.07) is 13.7. The molecule has 2 aromatic rings. The second-order valence-corrected chi connectivity index (χ2v) is 4.78. The lowest BCUT2D eigenvalue weighted by Gasteiger charge is -2.07. The molecule has 108 valence electrons. The molecule has 2 rings (SSSR count). The van der Waals surface area contributed by atoms with Crippen LogP contribution >= 0.6 is 0 Å². The summed E-state index contributed by atoms with van der Waals surface area (Å²) < 4.78 is 5.63. The van der Waals surface area contributed by atoms with Gasteiger partial charge in [-0.3, -0.25) is 0 Å². The minimum atomic E-state index is -0.962. The minimum Gasteiger partial charge on any atom is -0.478 e. The van der Waals surface area contributed by atoms with Gasteiger partial charge in [-0.05, 0) is 55.3 Å². The molecule has 2 aromatic carbocycles. The van der Waals surface area contributed by atoms with Gasteiger partial charge in [-0.25, -0.2) is 4.79 Å². The molecule has 0 fully saturated rings. The highest BCUT2D eigenvalue weighted by molar-refractivity contribution is 5.87. The SMILES string of the molecule is CC(=O)CCc1ccc(Oc2ccc(C(=O)O)cc2)cc1. The number of aryl methyl sites for hydroxylation is 1. The van der Waals surface area contributed by atoms with Crippen molar-refractivity contribution in [2.75, 3.05) is 0 Å². The number of carbonyl (C=O) groups excluding carboxylic acids is 1. The molecule has 0 radical (unpaired) electrons. The Morgan fingerprint density at radius 3 is 1.95 bits per heavy atom. The smallest absolute Gasteiger partial charge is 0.335 e. The Hall–Kier alpha value is -2.62. The van der Waals surface area contributed by atoms with Crippen LogP contribution in [0.3, 0.4) is 0 Å². The van der Waals surface area contributed by atoms with Gasteiger partial charge in [0.2, 0.25) is 0 Å². The first-order chi connectivity index (χ1) is 10.0. The standard InChI is InChI=1S/C17H16O4/c1-12(18)2-3-13-4-8-15(9-5-13)21-16-10-6-14(7-11-16)17(19)20/h4-11H,2-3H2,1H3,(H,19,20). The molecule has 0 aromatic heterocycles. The van der Waals surface area contributed by atoms with Crippen LogP contribution in [-0.4, -0.2) is 16.9 Å². The van der Waals surface area contributed by atoms with E-state index in [0.29, 0.717) is 17.9 Å². The number of rotatable bonds is 6. The van der Waals surface area contributed by atoms with Gasteiger partial charge in [0.25, 0.3) is 0 Å². The number of Topliss-reactive ketones (excluding diaryl/α,β-unsaturated/α-hetero) is 1. The molecule has 0 bridgehead atoms. The van der Waals surface area contributed by atoms with Crippen LogP contribution in [0.25, 0.3) is 0 Å². The maximum Gasteiger partial charge on any atom is 0.335 e. The maximum absolute atomic E-state index is 10.9. The summed E-state index contributed by atoms with van der Waals surface area (Å²) in [6.07, 6.45) is 1.26. The van der Waals surface area contributed by atoms with Crippen LogP contribution in [-0.2, 0) is 11.2 Å². The Kier molecular flexibility index (Phi) is 4.72. The van der Waals surface area contributed by atoms with Crippen molar-refractivity contribution < 1.29 is 19.4 Å². The number of carboxylic acid groups (broad SMARTS) is 1. The Morgan fingerprint density at radius 2 is 1.48 bits per heavy atom. The van der Waals surface area contributed by atoms with Crippen molar-refractivity contribution in [3.05, 3.63) is 59.7 Å². The lowest BCUT2D eigenvalue weighted by Crippen LogP contribution is -1.95. The van der Waals surface area contributed by atoms with Crippen molar-refractivity contribution >= 4 is 11.8 Å². The molecule has 4 heteroatoms. The normalized spacial score (nSPS) is 10.1. The molecule has 1 N–H and O–H groups in total. The third-order valence-corrected chi connectivity index (χ3v) is 3.03. The number of ether oxygens (including phenoxy) is 1. The van der Waals surface area contributed by atoms with Crippen LogP contribution in [0.4, 0.5) is 0 Å². The number of hydrogen-bond donors (Lipinski definition) is 1. The van der Waals surface area contributed by atoms with Crippen LogP contribution in [0.15, 0.2) is 48.5 Å². The molecule has 0 saturated carbocycles. The summed E-state index contributed by atoms with van der Waals surface area (Å²) >= 11 is 0. The van der Waals surface area contributed by atoms with E-state index in [1.807, 2.05) is 24.3 Å². The summed E-state index contributed by atoms with van der Waals surface area (Å²) in [7, 11) is 0. The molecule has 0 amide bonds. The van der Waals surface area contributed by atoms with Crippen molar-refractivity contribution in [1.82, 2.24) is 0 Å². The number of carbonyl (C=O) groups is 2. The second kappa shape index (κ2) is 6.70. The first-order valence-electron chi connectivity index (χ1n) is 6.64. The van der Waals surface area contributed by atoms with Crippen LogP contribution < -0.4 is 4.74 Å². The first-order valence-corrected chi connectivity index (χ1v) is 6.64. The molecule has 0 aliphatic rings. The average Bonchev–Trinajstić information content (AvgIpc) is 2.47. The molecule has 4 nitrogen and oxygen atoms in total. The molecule has 0 spiro atoms. The van der Waals surface area contributed by atoms with Gasteiger partial charge in [-0.15, -0.1) is 0 Å². The van der Waals surface area contributed by atoms with Crippen LogP contribution in [0, 0.1) is 0 Å². The van der Waals surface area contributed by atoms with Gasteiger partial charge in [0.05, 0.1) is 5.56 Å². The summed E-state index contributed by atoms with van der Waals surface area (Å²) in [6.45, 7) is 1.58. The molecule has 0 atom stereocenters. The van der Waals surface area contributed by atoms with E-state index in [-0.39, 0.29) is 11.3 Å². The quantitative estimate of drug-likeness (QED) is 0.878. The van der Waals surface area contributed by atoms with Crippen molar-refractivity contribution in [3.63, 3.8) is 0 Å². The fourth-order valence-corrected chi connectivity index (χ4v) is 1.85. The number of ketones is 1. The molecular weight excluding hydrogens is 268 g/mol. The van der Waals surface area contributed by atoms with Gasteiger partial charge in [-0.2, -0.15) is 0 Å². The first kappa shape index (κ1) is 14.8. The van der Waals surface area contributed by atoms with Crippen LogP contribution in [0.5, 0.6) is 11.5 Å². The third-order valence-electron chi connectivity index (χ3n) is 3.03. The zero-order valence-electron chi connectivity index (χ0n) is 11.7. The average molecular weight is 284 g/mol. The van der Waals surface area contributed by atoms with E-state index >= 15 is 0 Å². The fourth-order valence-electron chi connectivity index (χ4n) is 1.85. The predicted molar refractivity (Wildman–Crippen MR) is 78.9 cm³/mol. The highest BCUT2D eigenvalue weighted by Crippen LogP contribution is 2.22. The van der Waals surface area contributed by atoms with E-state index in [1.54, 1.807) is 19.1 Å². The van der Waals surface area contributed by atoms with Gasteiger partial charge >= 0.3 is 5.97 Å². The molecule has 0 unspecified atom stereocenters. The molecule has 21 heavy (non-hydrogen) atoms. The number of aromatic carboxylic acids is 1. The van der Waals surface area contributed by atoms with Crippen LogP contribution in [0.2, 0.25) is 0 Å². The van der Waals surface area contributed by atoms with Gasteiger partial charge in [0, 0.05) is 6.42 Å². The van der Waals surface area contributed by atoms with Crippen LogP contribution in [0.1, 0.15) is 29.3 Å². The van der Waals surface area contributed by atoms with E-state index < -0.39 is 5.97 Å². The summed E-state index contributed by atoms with van der Waals surface area (Å²) in [4.78, 5) is 21.7. The number of carboxylic acids is 1. The van der Waals surface area contributed by atoms with Gasteiger partial charge in [0.15, 0.2) is 0 Å². The Balaban J connectivity index is 1.99. The topological polar surface area (TPSA) is 63.6 Å². The number of hydrogen-bond acceptors (Lipinski definition) is 3. The molecular formula is C17H16O4. The Bertz CT molecular complexity index is 627. The van der Waals surface area contributed by atoms with Crippen molar-refractivity contribution in [2.45, 2.75) is 19.8 Å². The largest absolute Gasteiger partial charge is 0.478 e. The molecule has 0 saturated heterocycles. The zero-order chi connectivity index (χ0) is 15.2. The van der Waals surface area contributed by atoms with Gasteiger partial charge in [-0.1, -0.05) is 12.1 Å². The highest BCUT2D eigenvalue weighted by Gasteiger charge is 2.03. The van der Waals surface area contributed by atoms with Crippen molar-refractivity contribution in [1.29, 1.82) is 0 Å². The fraction of sp³-hybridized carbons (Fsp3) is 0.176. The third kappa shape index (κ3) is 4.45. The lowest BCUT2D eigenvalue weighted by atomic mass is 10.1. The predicted octanol–water partition coefficient (Wildman–Crippen LogP) is 3.70.